The van der Waals surface area contributed by atoms with Crippen LogP contribution in [-0.4, -0.2) is 57.1 Å². The second-order valence-electron chi connectivity index (χ2n) is 6.00. The zero-order valence-corrected chi connectivity index (χ0v) is 16.2. The fourth-order valence-corrected chi connectivity index (χ4v) is 4.43. The van der Waals surface area contributed by atoms with Gasteiger partial charge in [-0.05, 0) is 24.3 Å². The highest BCUT2D eigenvalue weighted by atomic mass is 32.2. The maximum atomic E-state index is 12.6. The number of nitrogens with zero attached hydrogens (tertiary/aromatic N) is 4. The van der Waals surface area contributed by atoms with E-state index in [-0.39, 0.29) is 10.6 Å². The van der Waals surface area contributed by atoms with Crippen LogP contribution in [0.25, 0.3) is 11.5 Å². The van der Waals surface area contributed by atoms with Gasteiger partial charge in [-0.15, -0.1) is 0 Å². The third kappa shape index (κ3) is 3.83. The molecule has 1 saturated heterocycles. The lowest BCUT2D eigenvalue weighted by Crippen LogP contribution is -2.36. The van der Waals surface area contributed by atoms with Gasteiger partial charge in [0.25, 0.3) is 0 Å². The van der Waals surface area contributed by atoms with Crippen molar-refractivity contribution in [2.45, 2.75) is 18.7 Å². The number of benzene rings is 1. The van der Waals surface area contributed by atoms with Gasteiger partial charge in [-0.2, -0.15) is 14.6 Å². The Morgan fingerprint density at radius 3 is 2.37 bits per heavy atom. The van der Waals surface area contributed by atoms with E-state index in [2.05, 4.69) is 11.1 Å². The van der Waals surface area contributed by atoms with Gasteiger partial charge in [-0.3, -0.25) is 0 Å². The molecule has 0 radical (unpaired) electrons. The normalized spacial score (nSPS) is 15.1. The van der Waals surface area contributed by atoms with Crippen LogP contribution in [0.2, 0.25) is 0 Å². The summed E-state index contributed by atoms with van der Waals surface area (Å²) in [5, 5.41) is 9.36. The molecule has 27 heavy (non-hydrogen) atoms. The monoisotopic (exact) mass is 390 g/mol. The molecule has 0 N–H and O–H groups in total. The summed E-state index contributed by atoms with van der Waals surface area (Å²) in [6.07, 6.45) is 0. The Bertz CT molecular complexity index is 921. The minimum atomic E-state index is -3.52. The molecule has 0 spiro atoms. The number of sulfonamides is 1. The molecule has 0 bridgehead atoms. The van der Waals surface area contributed by atoms with Crippen LogP contribution >= 0.6 is 0 Å². The van der Waals surface area contributed by atoms with Gasteiger partial charge in [-0.1, -0.05) is 13.8 Å². The van der Waals surface area contributed by atoms with Gasteiger partial charge in [0, 0.05) is 31.7 Å². The van der Waals surface area contributed by atoms with Crippen molar-refractivity contribution in [2.24, 2.45) is 0 Å². The second kappa shape index (κ2) is 8.08. The molecule has 3 rings (SSSR count). The Kier molecular flexibility index (Phi) is 5.79. The largest absolute Gasteiger partial charge is 0.419 e. The summed E-state index contributed by atoms with van der Waals surface area (Å²) in [5.41, 5.74) is 0.830. The van der Waals surface area contributed by atoms with Gasteiger partial charge in [0.2, 0.25) is 27.5 Å². The number of ether oxygens (including phenoxy) is 1. The van der Waals surface area contributed by atoms with Gasteiger partial charge >= 0.3 is 0 Å². The smallest absolute Gasteiger partial charge is 0.243 e. The van der Waals surface area contributed by atoms with E-state index in [0.29, 0.717) is 56.7 Å². The number of aromatic nitrogens is 1. The third-order valence-electron chi connectivity index (χ3n) is 4.46. The Hall–Kier alpha value is -2.41. The first-order chi connectivity index (χ1) is 13.0. The maximum Gasteiger partial charge on any atom is 0.243 e. The van der Waals surface area contributed by atoms with Crippen LogP contribution in [-0.2, 0) is 14.8 Å². The first-order valence-electron chi connectivity index (χ1n) is 8.85. The van der Waals surface area contributed by atoms with Crippen molar-refractivity contribution in [3.63, 3.8) is 0 Å². The summed E-state index contributed by atoms with van der Waals surface area (Å²) in [5.74, 6) is 0.718. The second-order valence-corrected chi connectivity index (χ2v) is 7.94. The number of anilines is 1. The molecule has 1 aromatic heterocycles. The minimum Gasteiger partial charge on any atom is -0.419 e. The SMILES string of the molecule is CCN(CC)S(=O)(=O)c1ccc(-c2nc(C#N)c(N3CCOCC3)o2)cc1. The number of hydrogen-bond donors (Lipinski definition) is 0. The fraction of sp³-hybridized carbons (Fsp3) is 0.444. The molecule has 0 amide bonds. The molecule has 0 saturated carbocycles. The summed E-state index contributed by atoms with van der Waals surface area (Å²) >= 11 is 0. The molecule has 144 valence electrons. The number of rotatable bonds is 6. The number of morpholine rings is 1. The van der Waals surface area contributed by atoms with Crippen molar-refractivity contribution < 1.29 is 17.6 Å². The fourth-order valence-electron chi connectivity index (χ4n) is 2.97. The van der Waals surface area contributed by atoms with Crippen molar-refractivity contribution in [2.75, 3.05) is 44.3 Å². The molecule has 1 aromatic carbocycles. The highest BCUT2D eigenvalue weighted by Crippen LogP contribution is 2.29. The number of nitriles is 1. The van der Waals surface area contributed by atoms with Gasteiger partial charge < -0.3 is 14.1 Å². The summed E-state index contributed by atoms with van der Waals surface area (Å²) in [6, 6.07) is 8.42. The van der Waals surface area contributed by atoms with E-state index < -0.39 is 10.0 Å². The molecule has 8 nitrogen and oxygen atoms in total. The molecule has 0 aliphatic carbocycles. The van der Waals surface area contributed by atoms with Gasteiger partial charge in [0.1, 0.15) is 6.07 Å². The maximum absolute atomic E-state index is 12.6. The van der Waals surface area contributed by atoms with Gasteiger partial charge in [0.15, 0.2) is 0 Å². The molecule has 0 atom stereocenters. The number of hydrogen-bond acceptors (Lipinski definition) is 7. The quantitative estimate of drug-likeness (QED) is 0.744. The van der Waals surface area contributed by atoms with Crippen molar-refractivity contribution >= 4 is 15.9 Å². The Morgan fingerprint density at radius 2 is 1.81 bits per heavy atom. The molecule has 9 heteroatoms. The Morgan fingerprint density at radius 1 is 1.19 bits per heavy atom. The van der Waals surface area contributed by atoms with E-state index in [9.17, 15) is 13.7 Å². The molecular weight excluding hydrogens is 368 g/mol. The zero-order valence-electron chi connectivity index (χ0n) is 15.4. The third-order valence-corrected chi connectivity index (χ3v) is 6.52. The molecular formula is C18H22N4O4S. The highest BCUT2D eigenvalue weighted by molar-refractivity contribution is 7.89. The Balaban J connectivity index is 1.90. The van der Waals surface area contributed by atoms with E-state index in [1.807, 2.05) is 4.90 Å². The lowest BCUT2D eigenvalue weighted by molar-refractivity contribution is 0.121. The van der Waals surface area contributed by atoms with Crippen LogP contribution in [0.4, 0.5) is 5.88 Å². The minimum absolute atomic E-state index is 0.215. The van der Waals surface area contributed by atoms with Crippen LogP contribution in [0, 0.1) is 11.3 Å². The van der Waals surface area contributed by atoms with Crippen LogP contribution in [0.15, 0.2) is 33.6 Å². The summed E-state index contributed by atoms with van der Waals surface area (Å²) in [4.78, 5) is 6.41. The number of oxazole rings is 1. The van der Waals surface area contributed by atoms with Crippen molar-refractivity contribution in [3.05, 3.63) is 30.0 Å². The lowest BCUT2D eigenvalue weighted by atomic mass is 10.2. The first kappa shape index (κ1) is 19.4. The lowest BCUT2D eigenvalue weighted by Gasteiger charge is -2.25. The predicted molar refractivity (Wildman–Crippen MR) is 99.8 cm³/mol. The molecule has 1 aliphatic rings. The molecule has 2 heterocycles. The molecule has 1 fully saturated rings. The van der Waals surface area contributed by atoms with Crippen LogP contribution in [0.1, 0.15) is 19.5 Å². The predicted octanol–water partition coefficient (Wildman–Crippen LogP) is 2.08. The topological polar surface area (TPSA) is 99.7 Å². The standard InChI is InChI=1S/C18H22N4O4S/c1-3-22(4-2)27(23,24)15-7-5-14(6-8-15)17-20-16(13-19)18(26-17)21-9-11-25-12-10-21/h5-8H,3-4,9-12H2,1-2H3. The van der Waals surface area contributed by atoms with Crippen LogP contribution < -0.4 is 4.90 Å². The van der Waals surface area contributed by atoms with E-state index >= 15 is 0 Å². The summed E-state index contributed by atoms with van der Waals surface area (Å²) in [6.45, 7) is 6.83. The van der Waals surface area contributed by atoms with E-state index in [4.69, 9.17) is 9.15 Å². The molecule has 0 unspecified atom stereocenters. The average Bonchev–Trinajstić information content (AvgIpc) is 3.14. The van der Waals surface area contributed by atoms with Crippen LogP contribution in [0.3, 0.4) is 0 Å². The van der Waals surface area contributed by atoms with Crippen molar-refractivity contribution in [3.8, 4) is 17.5 Å². The van der Waals surface area contributed by atoms with Crippen LogP contribution in [0.5, 0.6) is 0 Å². The van der Waals surface area contributed by atoms with Crippen molar-refractivity contribution in [1.82, 2.24) is 9.29 Å². The summed E-state index contributed by atoms with van der Waals surface area (Å²) in [7, 11) is -3.52. The van der Waals surface area contributed by atoms with E-state index in [0.717, 1.165) is 0 Å². The molecule has 2 aromatic rings. The average molecular weight is 390 g/mol. The van der Waals surface area contributed by atoms with Gasteiger partial charge in [0.05, 0.1) is 18.1 Å². The molecule has 1 aliphatic heterocycles. The zero-order chi connectivity index (χ0) is 19.4. The van der Waals surface area contributed by atoms with E-state index in [1.54, 1.807) is 26.0 Å². The van der Waals surface area contributed by atoms with Crippen molar-refractivity contribution in [1.29, 1.82) is 5.26 Å². The van der Waals surface area contributed by atoms with E-state index in [1.165, 1.54) is 16.4 Å². The Labute approximate surface area is 159 Å². The highest BCUT2D eigenvalue weighted by Gasteiger charge is 2.24. The first-order valence-corrected chi connectivity index (χ1v) is 10.3. The van der Waals surface area contributed by atoms with Gasteiger partial charge in [-0.25, -0.2) is 8.42 Å². The summed E-state index contributed by atoms with van der Waals surface area (Å²) < 4.78 is 37.7.